The first-order chi connectivity index (χ1) is 24.6. The predicted octanol–water partition coefficient (Wildman–Crippen LogP) is 7.29. The van der Waals surface area contributed by atoms with Crippen LogP contribution in [-0.4, -0.2) is 84.6 Å². The van der Waals surface area contributed by atoms with Gasteiger partial charge in [-0.05, 0) is 107 Å². The van der Waals surface area contributed by atoms with E-state index in [-0.39, 0.29) is 11.8 Å². The van der Waals surface area contributed by atoms with E-state index in [9.17, 15) is 4.79 Å². The number of ether oxygens (including phenoxy) is 1. The van der Waals surface area contributed by atoms with E-state index in [4.69, 9.17) is 10.5 Å². The Morgan fingerprint density at radius 2 is 1.44 bits per heavy atom. The maximum atomic E-state index is 13.4. The van der Waals surface area contributed by atoms with Crippen LogP contribution in [0.25, 0.3) is 0 Å². The lowest BCUT2D eigenvalue weighted by Gasteiger charge is -2.39. The van der Waals surface area contributed by atoms with E-state index < -0.39 is 5.41 Å². The van der Waals surface area contributed by atoms with Crippen molar-refractivity contribution in [3.8, 4) is 5.75 Å². The van der Waals surface area contributed by atoms with Crippen LogP contribution in [0.1, 0.15) is 93.7 Å². The maximum Gasteiger partial charge on any atom is 0.232 e. The number of pyridine rings is 1. The van der Waals surface area contributed by atoms with E-state index in [1.807, 2.05) is 54.9 Å². The molecule has 3 fully saturated rings. The minimum atomic E-state index is -0.794. The smallest absolute Gasteiger partial charge is 0.232 e. The van der Waals surface area contributed by atoms with Gasteiger partial charge in [-0.3, -0.25) is 14.7 Å². The van der Waals surface area contributed by atoms with Gasteiger partial charge in [-0.25, -0.2) is 0 Å². The number of nitrogens with zero attached hydrogens (tertiary/aromatic N) is 4. The van der Waals surface area contributed by atoms with E-state index >= 15 is 0 Å². The molecule has 270 valence electrons. The highest BCUT2D eigenvalue weighted by atomic mass is 16.5. The zero-order chi connectivity index (χ0) is 34.6. The second-order valence-electron chi connectivity index (χ2n) is 15.3. The Morgan fingerprint density at radius 1 is 0.820 bits per heavy atom. The van der Waals surface area contributed by atoms with Gasteiger partial charge >= 0.3 is 0 Å². The van der Waals surface area contributed by atoms with Crippen LogP contribution in [0.2, 0.25) is 0 Å². The lowest BCUT2D eigenvalue weighted by atomic mass is 9.64. The van der Waals surface area contributed by atoms with Crippen molar-refractivity contribution in [3.05, 3.63) is 95.8 Å². The highest BCUT2D eigenvalue weighted by Gasteiger charge is 2.49. The van der Waals surface area contributed by atoms with Crippen LogP contribution in [0.4, 0.5) is 0 Å². The third kappa shape index (κ3) is 9.34. The molecule has 7 nitrogen and oxygen atoms in total. The lowest BCUT2D eigenvalue weighted by Crippen LogP contribution is -2.49. The van der Waals surface area contributed by atoms with Crippen molar-refractivity contribution >= 4 is 5.91 Å². The molecule has 2 N–H and O–H groups in total. The summed E-state index contributed by atoms with van der Waals surface area (Å²) in [4.78, 5) is 25.7. The molecule has 1 aromatic heterocycles. The number of carbonyl (C=O) groups excluding carboxylic acids is 1. The van der Waals surface area contributed by atoms with Crippen molar-refractivity contribution in [1.82, 2.24) is 19.7 Å². The fourth-order valence-corrected chi connectivity index (χ4v) is 8.92. The molecule has 0 radical (unpaired) electrons. The third-order valence-electron chi connectivity index (χ3n) is 11.9. The molecule has 0 bridgehead atoms. The number of piperidine rings is 1. The van der Waals surface area contributed by atoms with Crippen molar-refractivity contribution in [2.24, 2.45) is 17.6 Å². The molecule has 2 aromatic carbocycles. The number of aromatic nitrogens is 1. The highest BCUT2D eigenvalue weighted by molar-refractivity contribution is 5.91. The molecule has 50 heavy (non-hydrogen) atoms. The van der Waals surface area contributed by atoms with Crippen LogP contribution >= 0.6 is 0 Å². The number of benzene rings is 2. The van der Waals surface area contributed by atoms with Crippen molar-refractivity contribution in [2.75, 3.05) is 52.9 Å². The van der Waals surface area contributed by atoms with Gasteiger partial charge in [0.15, 0.2) is 0 Å². The maximum absolute atomic E-state index is 13.4. The number of methoxy groups -OCH3 is 1. The number of likely N-dealkylation sites (tertiary alicyclic amines) is 2. The van der Waals surface area contributed by atoms with Gasteiger partial charge in [0.1, 0.15) is 11.2 Å². The fraction of sp³-hybridized carbons (Fsp3) is 0.581. The van der Waals surface area contributed by atoms with Crippen LogP contribution < -0.4 is 10.5 Å². The Labute approximate surface area is 301 Å². The van der Waals surface area contributed by atoms with E-state index in [2.05, 4.69) is 43.9 Å². The van der Waals surface area contributed by atoms with E-state index in [1.165, 1.54) is 89.3 Å². The van der Waals surface area contributed by atoms with Crippen molar-refractivity contribution in [3.63, 3.8) is 0 Å². The van der Waals surface area contributed by atoms with E-state index in [0.717, 1.165) is 74.5 Å². The van der Waals surface area contributed by atoms with Gasteiger partial charge in [-0.1, -0.05) is 92.8 Å². The largest absolute Gasteiger partial charge is 0.496 e. The Balaban J connectivity index is 0.876. The second-order valence-corrected chi connectivity index (χ2v) is 15.3. The molecule has 0 spiro atoms. The number of amides is 1. The topological polar surface area (TPSA) is 74.9 Å². The van der Waals surface area contributed by atoms with Gasteiger partial charge in [-0.2, -0.15) is 0 Å². The Kier molecular flexibility index (Phi) is 13.4. The van der Waals surface area contributed by atoms with Crippen molar-refractivity contribution < 1.29 is 9.53 Å². The Hall–Kier alpha value is -3.26. The molecule has 2 aliphatic heterocycles. The molecule has 1 saturated carbocycles. The first kappa shape index (κ1) is 36.5. The third-order valence-corrected chi connectivity index (χ3v) is 11.9. The summed E-state index contributed by atoms with van der Waals surface area (Å²) in [5.74, 6) is 1.84. The molecule has 3 aliphatic rings. The molecule has 3 aromatic rings. The minimum Gasteiger partial charge on any atom is -0.496 e. The monoisotopic (exact) mass is 679 g/mol. The number of rotatable bonds is 20. The number of hydrogen-bond acceptors (Lipinski definition) is 6. The molecule has 2 saturated heterocycles. The summed E-state index contributed by atoms with van der Waals surface area (Å²) in [6.45, 7) is 8.91. The molecule has 0 unspecified atom stereocenters. The average molecular weight is 680 g/mol. The molecule has 1 amide bonds. The normalized spacial score (nSPS) is 19.3. The van der Waals surface area contributed by atoms with Gasteiger partial charge in [0.05, 0.1) is 7.11 Å². The molecule has 1 aliphatic carbocycles. The van der Waals surface area contributed by atoms with Crippen LogP contribution in [0.3, 0.4) is 0 Å². The number of primary amides is 1. The quantitative estimate of drug-likeness (QED) is 0.127. The second kappa shape index (κ2) is 18.3. The number of nitrogens with two attached hydrogens (primary N) is 1. The van der Waals surface area contributed by atoms with E-state index in [1.54, 1.807) is 7.11 Å². The molecule has 7 heteroatoms. The zero-order valence-electron chi connectivity index (χ0n) is 30.6. The van der Waals surface area contributed by atoms with Crippen LogP contribution in [0, 0.1) is 11.8 Å². The zero-order valence-corrected chi connectivity index (χ0v) is 30.6. The minimum absolute atomic E-state index is 0.174. The van der Waals surface area contributed by atoms with Crippen LogP contribution in [0.15, 0.2) is 79.1 Å². The first-order valence-electron chi connectivity index (χ1n) is 19.6. The van der Waals surface area contributed by atoms with Crippen molar-refractivity contribution in [2.45, 2.75) is 95.1 Å². The fourth-order valence-electron chi connectivity index (χ4n) is 8.92. The standard InChI is InChI=1S/C43H61N5O2/c1-50-41-21-25-45-31-36(41)33-47-29-23-40(24-30-47)48(32-35-19-20-35)27-14-6-4-2-3-5-13-26-46-28-22-39(34-46)43(42(44)49,37-15-9-7-10-16-37)38-17-11-8-12-18-38/h7-12,15-18,21,25,31,35,39-40H,2-6,13-14,19-20,22-24,26-30,32-34H2,1H3,(H2,44,49)/t39-/m1/s1. The van der Waals surface area contributed by atoms with Gasteiger partial charge < -0.3 is 20.3 Å². The average Bonchev–Trinajstić information content (AvgIpc) is 3.86. The lowest BCUT2D eigenvalue weighted by molar-refractivity contribution is -0.123. The number of carbonyl (C=O) groups is 1. The first-order valence-corrected chi connectivity index (χ1v) is 19.6. The summed E-state index contributed by atoms with van der Waals surface area (Å²) in [6, 6.07) is 23.2. The SMILES string of the molecule is COc1ccncc1CN1CCC(N(CCCCCCCCCN2CC[C@@H](C(C(N)=O)(c3ccccc3)c3ccccc3)C2)CC2CC2)CC1. The number of hydrogen-bond donors (Lipinski definition) is 1. The van der Waals surface area contributed by atoms with E-state index in [0.29, 0.717) is 0 Å². The van der Waals surface area contributed by atoms with Crippen LogP contribution in [-0.2, 0) is 16.8 Å². The summed E-state index contributed by atoms with van der Waals surface area (Å²) < 4.78 is 5.57. The summed E-state index contributed by atoms with van der Waals surface area (Å²) >= 11 is 0. The molecule has 6 rings (SSSR count). The molecular formula is C43H61N5O2. The molecule has 3 heterocycles. The van der Waals surface area contributed by atoms with Gasteiger partial charge in [0.25, 0.3) is 0 Å². The highest BCUT2D eigenvalue weighted by Crippen LogP contribution is 2.43. The summed E-state index contributed by atoms with van der Waals surface area (Å²) in [6.07, 6.45) is 19.4. The van der Waals surface area contributed by atoms with Crippen LogP contribution in [0.5, 0.6) is 5.75 Å². The Bertz CT molecular complexity index is 1400. The van der Waals surface area contributed by atoms with Gasteiger partial charge in [0, 0.05) is 43.6 Å². The molecule has 1 atom stereocenters. The summed E-state index contributed by atoms with van der Waals surface area (Å²) in [5, 5.41) is 0. The Morgan fingerprint density at radius 3 is 2.06 bits per heavy atom. The van der Waals surface area contributed by atoms with Gasteiger partial charge in [-0.15, -0.1) is 0 Å². The summed E-state index contributed by atoms with van der Waals surface area (Å²) in [7, 11) is 1.75. The number of unbranched alkanes of at least 4 members (excludes halogenated alkanes) is 6. The molecular weight excluding hydrogens is 619 g/mol. The summed E-state index contributed by atoms with van der Waals surface area (Å²) in [5.41, 5.74) is 8.74. The van der Waals surface area contributed by atoms with Gasteiger partial charge in [0.2, 0.25) is 5.91 Å². The predicted molar refractivity (Wildman–Crippen MR) is 203 cm³/mol. The van der Waals surface area contributed by atoms with Crippen molar-refractivity contribution in [1.29, 1.82) is 0 Å².